The Kier molecular flexibility index (Phi) is 6.53. The molecule has 2 aliphatic heterocycles. The number of anilines is 5. The molecule has 0 bridgehead atoms. The van der Waals surface area contributed by atoms with Crippen LogP contribution in [0.4, 0.5) is 34.4 Å². The highest BCUT2D eigenvalue weighted by atomic mass is 16.6. The van der Waals surface area contributed by atoms with Gasteiger partial charge >= 0.3 is 5.69 Å². The van der Waals surface area contributed by atoms with Gasteiger partial charge in [-0.3, -0.25) is 10.1 Å². The number of para-hydroxylation sites is 2. The molecule has 0 spiro atoms. The Morgan fingerprint density at radius 3 is 2.23 bits per heavy atom. The monoisotopic (exact) mass is 476 g/mol. The fourth-order valence-corrected chi connectivity index (χ4v) is 4.48. The number of nitrogens with one attached hydrogen (secondary N) is 1. The molecule has 0 amide bonds. The lowest BCUT2D eigenvalue weighted by molar-refractivity contribution is -0.384. The minimum atomic E-state index is -0.419. The molecule has 2 aromatic carbocycles. The molecule has 182 valence electrons. The first-order valence-electron chi connectivity index (χ1n) is 11.7. The van der Waals surface area contributed by atoms with Crippen LogP contribution in [-0.2, 0) is 4.74 Å². The molecule has 0 atom stereocenters. The minimum absolute atomic E-state index is 0.0705. The molecule has 2 aliphatic rings. The molecule has 10 heteroatoms. The first-order chi connectivity index (χ1) is 17.1. The summed E-state index contributed by atoms with van der Waals surface area (Å²) in [5.41, 5.74) is 2.57. The van der Waals surface area contributed by atoms with Crippen molar-refractivity contribution in [3.8, 4) is 5.75 Å². The van der Waals surface area contributed by atoms with Crippen LogP contribution in [0.2, 0.25) is 0 Å². The van der Waals surface area contributed by atoms with Gasteiger partial charge in [-0.1, -0.05) is 12.1 Å². The van der Waals surface area contributed by atoms with Crippen molar-refractivity contribution in [3.05, 3.63) is 70.8 Å². The van der Waals surface area contributed by atoms with Crippen molar-refractivity contribution in [2.24, 2.45) is 0 Å². The van der Waals surface area contributed by atoms with E-state index < -0.39 is 4.92 Å². The zero-order valence-electron chi connectivity index (χ0n) is 19.3. The van der Waals surface area contributed by atoms with Gasteiger partial charge in [0.05, 0.1) is 23.8 Å². The van der Waals surface area contributed by atoms with Crippen LogP contribution in [0.15, 0.2) is 60.7 Å². The third-order valence-corrected chi connectivity index (χ3v) is 6.39. The number of hydrogen-bond donors (Lipinski definition) is 2. The molecule has 2 saturated heterocycles. The highest BCUT2D eigenvalue weighted by Gasteiger charge is 2.23. The maximum absolute atomic E-state index is 11.7. The van der Waals surface area contributed by atoms with Crippen LogP contribution in [-0.4, -0.2) is 67.5 Å². The van der Waals surface area contributed by atoms with E-state index in [0.717, 1.165) is 30.2 Å². The normalized spacial score (nSPS) is 16.3. The molecule has 0 saturated carbocycles. The molecule has 0 radical (unpaired) electrons. The number of phenols is 1. The van der Waals surface area contributed by atoms with E-state index in [-0.39, 0.29) is 17.3 Å². The molecule has 2 fully saturated rings. The minimum Gasteiger partial charge on any atom is -0.506 e. The number of benzene rings is 2. The van der Waals surface area contributed by atoms with Crippen LogP contribution < -0.4 is 20.0 Å². The van der Waals surface area contributed by atoms with Crippen LogP contribution in [0.5, 0.6) is 5.75 Å². The van der Waals surface area contributed by atoms with Crippen LogP contribution in [0.3, 0.4) is 0 Å². The zero-order chi connectivity index (χ0) is 24.2. The molecule has 0 aliphatic carbocycles. The van der Waals surface area contributed by atoms with E-state index >= 15 is 0 Å². The van der Waals surface area contributed by atoms with E-state index in [0.29, 0.717) is 45.2 Å². The van der Waals surface area contributed by atoms with Crippen molar-refractivity contribution < 1.29 is 14.8 Å². The van der Waals surface area contributed by atoms with Gasteiger partial charge in [-0.15, -0.1) is 0 Å². The summed E-state index contributed by atoms with van der Waals surface area (Å²) >= 11 is 0. The van der Waals surface area contributed by atoms with Gasteiger partial charge in [-0.05, 0) is 42.5 Å². The molecule has 5 rings (SSSR count). The van der Waals surface area contributed by atoms with Crippen molar-refractivity contribution in [1.29, 1.82) is 0 Å². The molecule has 1 aromatic heterocycles. The second-order valence-corrected chi connectivity index (χ2v) is 8.53. The SMILES string of the molecule is O=[N+]([O-])c1ccc(N2CCN(c3ccccc3O)CC2)nc1Nc1ccc(N2CCOCC2)cc1. The first-order valence-corrected chi connectivity index (χ1v) is 11.7. The van der Waals surface area contributed by atoms with Crippen LogP contribution >= 0.6 is 0 Å². The van der Waals surface area contributed by atoms with Crippen molar-refractivity contribution in [3.63, 3.8) is 0 Å². The number of pyridine rings is 1. The largest absolute Gasteiger partial charge is 0.506 e. The van der Waals surface area contributed by atoms with E-state index in [9.17, 15) is 15.2 Å². The summed E-state index contributed by atoms with van der Waals surface area (Å²) in [6.07, 6.45) is 0. The van der Waals surface area contributed by atoms with Crippen LogP contribution in [0.25, 0.3) is 0 Å². The van der Waals surface area contributed by atoms with Crippen LogP contribution in [0.1, 0.15) is 0 Å². The maximum Gasteiger partial charge on any atom is 0.311 e. The number of phenolic OH excluding ortho intramolecular Hbond substituents is 1. The first kappa shape index (κ1) is 22.7. The van der Waals surface area contributed by atoms with Gasteiger partial charge in [-0.25, -0.2) is 4.98 Å². The highest BCUT2D eigenvalue weighted by molar-refractivity contribution is 5.69. The summed E-state index contributed by atoms with van der Waals surface area (Å²) in [6.45, 7) is 5.91. The topological polar surface area (TPSA) is 107 Å². The summed E-state index contributed by atoms with van der Waals surface area (Å²) in [4.78, 5) is 22.3. The molecule has 3 heterocycles. The van der Waals surface area contributed by atoms with Gasteiger partial charge in [0.25, 0.3) is 0 Å². The fourth-order valence-electron chi connectivity index (χ4n) is 4.48. The van der Waals surface area contributed by atoms with Gasteiger partial charge in [0.2, 0.25) is 5.82 Å². The lowest BCUT2D eigenvalue weighted by Crippen LogP contribution is -2.46. The number of ether oxygens (including phenoxy) is 1. The van der Waals surface area contributed by atoms with Crippen molar-refractivity contribution in [2.45, 2.75) is 0 Å². The summed E-state index contributed by atoms with van der Waals surface area (Å²) in [7, 11) is 0. The summed E-state index contributed by atoms with van der Waals surface area (Å²) < 4.78 is 5.41. The van der Waals surface area contributed by atoms with Gasteiger partial charge in [-0.2, -0.15) is 0 Å². The molecule has 2 N–H and O–H groups in total. The summed E-state index contributed by atoms with van der Waals surface area (Å²) in [6, 6.07) is 18.3. The smallest absolute Gasteiger partial charge is 0.311 e. The number of hydrogen-bond acceptors (Lipinski definition) is 9. The Labute approximate surface area is 203 Å². The average molecular weight is 477 g/mol. The molecular formula is C25H28N6O4. The zero-order valence-corrected chi connectivity index (χ0v) is 19.3. The summed E-state index contributed by atoms with van der Waals surface area (Å²) in [5.74, 6) is 1.16. The van der Waals surface area contributed by atoms with Crippen molar-refractivity contribution in [2.75, 3.05) is 72.5 Å². The van der Waals surface area contributed by atoms with Crippen molar-refractivity contribution >= 4 is 34.4 Å². The Morgan fingerprint density at radius 2 is 1.54 bits per heavy atom. The van der Waals surface area contributed by atoms with Gasteiger partial charge in [0, 0.05) is 56.7 Å². The number of piperazine rings is 1. The van der Waals surface area contributed by atoms with E-state index in [1.807, 2.05) is 36.4 Å². The molecule has 35 heavy (non-hydrogen) atoms. The molecule has 0 unspecified atom stereocenters. The van der Waals surface area contributed by atoms with E-state index in [1.54, 1.807) is 18.2 Å². The number of aromatic hydroxyl groups is 1. The van der Waals surface area contributed by atoms with Crippen molar-refractivity contribution in [1.82, 2.24) is 4.98 Å². The number of nitro groups is 1. The number of rotatable bonds is 6. The Balaban J connectivity index is 1.30. The Morgan fingerprint density at radius 1 is 0.857 bits per heavy atom. The predicted octanol–water partition coefficient (Wildman–Crippen LogP) is 3.60. The Hall–Kier alpha value is -4.05. The average Bonchev–Trinajstić information content (AvgIpc) is 2.90. The third-order valence-electron chi connectivity index (χ3n) is 6.39. The summed E-state index contributed by atoms with van der Waals surface area (Å²) in [5, 5.41) is 24.9. The lowest BCUT2D eigenvalue weighted by Gasteiger charge is -2.37. The van der Waals surface area contributed by atoms with Gasteiger partial charge < -0.3 is 29.9 Å². The number of aromatic nitrogens is 1. The standard InChI is InChI=1S/C25H28N6O4/c32-23-4-2-1-3-21(23)29-11-13-30(14-12-29)24-10-9-22(31(33)34)25(27-24)26-19-5-7-20(8-6-19)28-15-17-35-18-16-28/h1-10,32H,11-18H2,(H,26,27). The third kappa shape index (κ3) is 5.07. The van der Waals surface area contributed by atoms with E-state index in [2.05, 4.69) is 25.0 Å². The molecule has 10 nitrogen and oxygen atoms in total. The number of morpholine rings is 1. The molecule has 3 aromatic rings. The van der Waals surface area contributed by atoms with E-state index in [1.165, 1.54) is 6.07 Å². The second kappa shape index (κ2) is 10.1. The highest BCUT2D eigenvalue weighted by Crippen LogP contribution is 2.31. The van der Waals surface area contributed by atoms with E-state index in [4.69, 9.17) is 4.74 Å². The van der Waals surface area contributed by atoms with Gasteiger partial charge in [0.1, 0.15) is 11.6 Å². The quantitative estimate of drug-likeness (QED) is 0.408. The fraction of sp³-hybridized carbons (Fsp3) is 0.320. The Bertz CT molecular complexity index is 1170. The second-order valence-electron chi connectivity index (χ2n) is 8.53. The predicted molar refractivity (Wildman–Crippen MR) is 136 cm³/mol. The molecular weight excluding hydrogens is 448 g/mol. The van der Waals surface area contributed by atoms with Crippen LogP contribution in [0, 0.1) is 10.1 Å². The maximum atomic E-state index is 11.7. The number of nitrogens with zero attached hydrogens (tertiary/aromatic N) is 5. The van der Waals surface area contributed by atoms with Gasteiger partial charge in [0.15, 0.2) is 0 Å². The lowest BCUT2D eigenvalue weighted by atomic mass is 10.2.